The molecule has 1 saturated heterocycles. The molecule has 2 heterocycles. The first kappa shape index (κ1) is 13.0. The number of ether oxygens (including phenoxy) is 2. The quantitative estimate of drug-likeness (QED) is 0.755. The van der Waals surface area contributed by atoms with Crippen LogP contribution in [-0.2, 0) is 14.3 Å². The molecule has 2 aliphatic rings. The number of hydrogen-bond acceptors (Lipinski definition) is 5. The van der Waals surface area contributed by atoms with E-state index in [2.05, 4.69) is 5.16 Å². The summed E-state index contributed by atoms with van der Waals surface area (Å²) in [6, 6.07) is 0. The summed E-state index contributed by atoms with van der Waals surface area (Å²) in [5, 5.41) is 3.97. The molecular weight excluding hydrogens is 236 g/mol. The van der Waals surface area contributed by atoms with Crippen molar-refractivity contribution in [1.29, 1.82) is 0 Å². The van der Waals surface area contributed by atoms with E-state index >= 15 is 0 Å². The smallest absolute Gasteiger partial charge is 0.409 e. The van der Waals surface area contributed by atoms with Crippen LogP contribution in [0.3, 0.4) is 0 Å². The second kappa shape index (κ2) is 5.46. The van der Waals surface area contributed by atoms with Gasteiger partial charge in [0.15, 0.2) is 0 Å². The van der Waals surface area contributed by atoms with Crippen LogP contribution >= 0.6 is 0 Å². The first-order valence-corrected chi connectivity index (χ1v) is 6.48. The SMILES string of the molecule is CCOC(=O)N1CCC2(CC1)CC(OCC)=NO2. The molecule has 2 aliphatic heterocycles. The summed E-state index contributed by atoms with van der Waals surface area (Å²) in [5.41, 5.74) is -0.270. The van der Waals surface area contributed by atoms with Crippen LogP contribution in [0.25, 0.3) is 0 Å². The van der Waals surface area contributed by atoms with Crippen molar-refractivity contribution in [1.82, 2.24) is 4.90 Å². The molecule has 1 amide bonds. The third-order valence-corrected chi connectivity index (χ3v) is 3.33. The number of likely N-dealkylation sites (tertiary alicyclic amines) is 1. The summed E-state index contributed by atoms with van der Waals surface area (Å²) in [6.07, 6.45) is 2.01. The molecule has 0 radical (unpaired) electrons. The Hall–Kier alpha value is -1.46. The van der Waals surface area contributed by atoms with Gasteiger partial charge in [0.2, 0.25) is 5.90 Å². The van der Waals surface area contributed by atoms with Gasteiger partial charge in [0.05, 0.1) is 19.6 Å². The van der Waals surface area contributed by atoms with Gasteiger partial charge in [0.25, 0.3) is 0 Å². The number of nitrogens with zero attached hydrogens (tertiary/aromatic N) is 2. The van der Waals surface area contributed by atoms with Gasteiger partial charge < -0.3 is 19.2 Å². The Morgan fingerprint density at radius 1 is 1.39 bits per heavy atom. The summed E-state index contributed by atoms with van der Waals surface area (Å²) >= 11 is 0. The van der Waals surface area contributed by atoms with Crippen molar-refractivity contribution >= 4 is 12.0 Å². The lowest BCUT2D eigenvalue weighted by Gasteiger charge is -2.36. The van der Waals surface area contributed by atoms with Gasteiger partial charge in [-0.2, -0.15) is 0 Å². The summed E-state index contributed by atoms with van der Waals surface area (Å²) in [4.78, 5) is 18.8. The van der Waals surface area contributed by atoms with Crippen LogP contribution in [-0.4, -0.2) is 48.8 Å². The largest absolute Gasteiger partial charge is 0.479 e. The van der Waals surface area contributed by atoms with E-state index in [-0.39, 0.29) is 11.7 Å². The molecule has 1 spiro atoms. The number of hydrogen-bond donors (Lipinski definition) is 0. The molecule has 6 nitrogen and oxygen atoms in total. The minimum atomic E-state index is -0.270. The molecule has 0 aromatic heterocycles. The summed E-state index contributed by atoms with van der Waals surface area (Å²) in [7, 11) is 0. The standard InChI is InChI=1S/C12H20N2O4/c1-3-16-10-9-12(18-13-10)5-7-14(8-6-12)11(15)17-4-2/h3-9H2,1-2H3. The molecule has 0 aliphatic carbocycles. The van der Waals surface area contributed by atoms with Crippen molar-refractivity contribution in [2.24, 2.45) is 5.16 Å². The molecule has 18 heavy (non-hydrogen) atoms. The van der Waals surface area contributed by atoms with Crippen LogP contribution in [0, 0.1) is 0 Å². The van der Waals surface area contributed by atoms with Gasteiger partial charge >= 0.3 is 6.09 Å². The predicted octanol–water partition coefficient (Wildman–Crippen LogP) is 1.75. The maximum Gasteiger partial charge on any atom is 0.409 e. The van der Waals surface area contributed by atoms with E-state index in [0.717, 1.165) is 12.8 Å². The van der Waals surface area contributed by atoms with Gasteiger partial charge in [-0.3, -0.25) is 0 Å². The Bertz CT molecular complexity index is 335. The molecule has 0 aromatic rings. The van der Waals surface area contributed by atoms with E-state index in [4.69, 9.17) is 14.3 Å². The van der Waals surface area contributed by atoms with Gasteiger partial charge in [-0.15, -0.1) is 0 Å². The van der Waals surface area contributed by atoms with Crippen LogP contribution < -0.4 is 0 Å². The fraction of sp³-hybridized carbons (Fsp3) is 0.833. The van der Waals surface area contributed by atoms with Crippen molar-refractivity contribution in [3.8, 4) is 0 Å². The Kier molecular flexibility index (Phi) is 3.93. The molecule has 2 rings (SSSR count). The van der Waals surface area contributed by atoms with Gasteiger partial charge in [0.1, 0.15) is 5.60 Å². The zero-order valence-corrected chi connectivity index (χ0v) is 11.0. The summed E-state index contributed by atoms with van der Waals surface area (Å²) in [5.74, 6) is 0.669. The molecule has 1 fully saturated rings. The van der Waals surface area contributed by atoms with Crippen LogP contribution in [0.4, 0.5) is 4.79 Å². The summed E-state index contributed by atoms with van der Waals surface area (Å²) in [6.45, 7) is 6.05. The van der Waals surface area contributed by atoms with E-state index in [1.807, 2.05) is 13.8 Å². The minimum Gasteiger partial charge on any atom is -0.479 e. The molecule has 102 valence electrons. The number of carbonyl (C=O) groups excluding carboxylic acids is 1. The zero-order chi connectivity index (χ0) is 13.0. The highest BCUT2D eigenvalue weighted by Crippen LogP contribution is 2.34. The number of amides is 1. The molecule has 0 atom stereocenters. The van der Waals surface area contributed by atoms with E-state index in [1.165, 1.54) is 0 Å². The number of carbonyl (C=O) groups is 1. The van der Waals surface area contributed by atoms with E-state index < -0.39 is 0 Å². The van der Waals surface area contributed by atoms with E-state index in [0.29, 0.717) is 38.6 Å². The minimum absolute atomic E-state index is 0.240. The Morgan fingerprint density at radius 2 is 2.11 bits per heavy atom. The van der Waals surface area contributed by atoms with Crippen LogP contribution in [0.1, 0.15) is 33.1 Å². The Balaban J connectivity index is 1.82. The molecule has 6 heteroatoms. The Labute approximate surface area is 107 Å². The van der Waals surface area contributed by atoms with Gasteiger partial charge in [-0.25, -0.2) is 4.79 Å². The van der Waals surface area contributed by atoms with Crippen molar-refractivity contribution < 1.29 is 19.1 Å². The van der Waals surface area contributed by atoms with Gasteiger partial charge in [-0.1, -0.05) is 5.16 Å². The third kappa shape index (κ3) is 2.68. The predicted molar refractivity (Wildman–Crippen MR) is 65.3 cm³/mol. The third-order valence-electron chi connectivity index (χ3n) is 3.33. The van der Waals surface area contributed by atoms with E-state index in [9.17, 15) is 4.79 Å². The van der Waals surface area contributed by atoms with Crippen LogP contribution in [0.2, 0.25) is 0 Å². The zero-order valence-electron chi connectivity index (χ0n) is 11.0. The maximum atomic E-state index is 11.6. The second-order valence-corrected chi connectivity index (χ2v) is 4.56. The first-order chi connectivity index (χ1) is 8.69. The number of rotatable bonds is 2. The average Bonchev–Trinajstić information content (AvgIpc) is 2.74. The monoisotopic (exact) mass is 256 g/mol. The number of oxime groups is 1. The highest BCUT2D eigenvalue weighted by Gasteiger charge is 2.43. The maximum absolute atomic E-state index is 11.6. The van der Waals surface area contributed by atoms with Gasteiger partial charge in [0, 0.05) is 25.9 Å². The molecule has 0 saturated carbocycles. The fourth-order valence-electron chi connectivity index (χ4n) is 2.31. The first-order valence-electron chi connectivity index (χ1n) is 6.48. The average molecular weight is 256 g/mol. The molecule has 0 N–H and O–H groups in total. The second-order valence-electron chi connectivity index (χ2n) is 4.56. The molecule has 0 bridgehead atoms. The highest BCUT2D eigenvalue weighted by atomic mass is 16.7. The summed E-state index contributed by atoms with van der Waals surface area (Å²) < 4.78 is 10.3. The van der Waals surface area contributed by atoms with Crippen molar-refractivity contribution in [2.45, 2.75) is 38.7 Å². The lowest BCUT2D eigenvalue weighted by Crippen LogP contribution is -2.47. The lowest BCUT2D eigenvalue weighted by atomic mass is 9.89. The number of piperidine rings is 1. The Morgan fingerprint density at radius 3 is 2.72 bits per heavy atom. The van der Waals surface area contributed by atoms with Crippen molar-refractivity contribution in [3.63, 3.8) is 0 Å². The lowest BCUT2D eigenvalue weighted by molar-refractivity contribution is -0.0591. The topological polar surface area (TPSA) is 60.4 Å². The van der Waals surface area contributed by atoms with Crippen LogP contribution in [0.5, 0.6) is 0 Å². The normalized spacial score (nSPS) is 21.4. The van der Waals surface area contributed by atoms with Crippen molar-refractivity contribution in [2.75, 3.05) is 26.3 Å². The molecule has 0 aromatic carbocycles. The fourth-order valence-corrected chi connectivity index (χ4v) is 2.31. The molecule has 0 unspecified atom stereocenters. The van der Waals surface area contributed by atoms with Crippen LogP contribution in [0.15, 0.2) is 5.16 Å². The molecular formula is C12H20N2O4. The van der Waals surface area contributed by atoms with Gasteiger partial charge in [-0.05, 0) is 13.8 Å². The highest BCUT2D eigenvalue weighted by molar-refractivity contribution is 5.78. The van der Waals surface area contributed by atoms with E-state index in [1.54, 1.807) is 4.90 Å². The van der Waals surface area contributed by atoms with Crippen molar-refractivity contribution in [3.05, 3.63) is 0 Å².